The SMILES string of the molecule is O=[C]N1CC=C(c2ccc3c(c2)CCN(C2CCC2)CC3)CC1Cc1ccccc1. The molecule has 2 heterocycles. The van der Waals surface area contributed by atoms with Gasteiger partial charge in [0.25, 0.3) is 0 Å². The molecule has 0 bridgehead atoms. The zero-order chi connectivity index (χ0) is 20.3. The van der Waals surface area contributed by atoms with E-state index in [4.69, 9.17) is 0 Å². The Hall–Kier alpha value is -2.39. The summed E-state index contributed by atoms with van der Waals surface area (Å²) in [6, 6.07) is 18.6. The van der Waals surface area contributed by atoms with E-state index in [-0.39, 0.29) is 6.04 Å². The second-order valence-electron chi connectivity index (χ2n) is 9.12. The van der Waals surface area contributed by atoms with Gasteiger partial charge in [0, 0.05) is 31.7 Å². The Morgan fingerprint density at radius 2 is 1.77 bits per heavy atom. The molecule has 3 nitrogen and oxygen atoms in total. The van der Waals surface area contributed by atoms with Crippen molar-refractivity contribution in [3.8, 4) is 0 Å². The number of hydrogen-bond acceptors (Lipinski definition) is 2. The maximum atomic E-state index is 11.5. The summed E-state index contributed by atoms with van der Waals surface area (Å²) in [6.45, 7) is 3.07. The molecular weight excluding hydrogens is 368 g/mol. The van der Waals surface area contributed by atoms with Gasteiger partial charge in [-0.25, -0.2) is 0 Å². The lowest BCUT2D eigenvalue weighted by molar-refractivity contribution is 0.133. The van der Waals surface area contributed by atoms with Gasteiger partial charge in [-0.1, -0.05) is 61.0 Å². The Bertz CT molecular complexity index is 916. The van der Waals surface area contributed by atoms with Crippen molar-refractivity contribution in [2.24, 2.45) is 0 Å². The molecule has 2 aromatic rings. The largest absolute Gasteiger partial charge is 0.327 e. The first-order valence-corrected chi connectivity index (χ1v) is 11.5. The molecule has 1 aliphatic carbocycles. The zero-order valence-electron chi connectivity index (χ0n) is 17.7. The minimum atomic E-state index is 0.179. The first-order valence-electron chi connectivity index (χ1n) is 11.5. The van der Waals surface area contributed by atoms with E-state index < -0.39 is 0 Å². The maximum absolute atomic E-state index is 11.5. The van der Waals surface area contributed by atoms with Gasteiger partial charge < -0.3 is 4.90 Å². The average Bonchev–Trinajstić information content (AvgIpc) is 2.95. The molecule has 155 valence electrons. The summed E-state index contributed by atoms with van der Waals surface area (Å²) in [6.07, 6.45) is 12.7. The molecule has 5 rings (SSSR count). The van der Waals surface area contributed by atoms with E-state index >= 15 is 0 Å². The Morgan fingerprint density at radius 3 is 2.50 bits per heavy atom. The molecule has 3 aliphatic rings. The molecule has 0 N–H and O–H groups in total. The second-order valence-corrected chi connectivity index (χ2v) is 9.12. The van der Waals surface area contributed by atoms with Crippen molar-refractivity contribution in [1.82, 2.24) is 9.80 Å². The minimum absolute atomic E-state index is 0.179. The minimum Gasteiger partial charge on any atom is -0.327 e. The van der Waals surface area contributed by atoms with E-state index in [1.807, 2.05) is 11.0 Å². The number of fused-ring (bicyclic) bond motifs is 1. The summed E-state index contributed by atoms with van der Waals surface area (Å²) in [5, 5.41) is 0. The highest BCUT2D eigenvalue weighted by atomic mass is 16.1. The topological polar surface area (TPSA) is 23.6 Å². The quantitative estimate of drug-likeness (QED) is 0.744. The molecule has 2 aromatic carbocycles. The molecule has 0 aromatic heterocycles. The third kappa shape index (κ3) is 4.09. The highest BCUT2D eigenvalue weighted by molar-refractivity contribution is 5.69. The van der Waals surface area contributed by atoms with E-state index in [9.17, 15) is 4.79 Å². The molecule has 3 heteroatoms. The molecule has 1 amide bonds. The van der Waals surface area contributed by atoms with Crippen LogP contribution < -0.4 is 0 Å². The van der Waals surface area contributed by atoms with Gasteiger partial charge in [0.15, 0.2) is 0 Å². The van der Waals surface area contributed by atoms with Crippen molar-refractivity contribution in [3.63, 3.8) is 0 Å². The van der Waals surface area contributed by atoms with Crippen LogP contribution in [0.2, 0.25) is 0 Å². The molecule has 1 radical (unpaired) electrons. The summed E-state index contributed by atoms with van der Waals surface area (Å²) in [5.74, 6) is 0. The lowest BCUT2D eigenvalue weighted by Crippen LogP contribution is -2.41. The lowest BCUT2D eigenvalue weighted by Gasteiger charge is -2.36. The molecule has 1 fully saturated rings. The van der Waals surface area contributed by atoms with E-state index in [2.05, 4.69) is 59.9 Å². The average molecular weight is 400 g/mol. The van der Waals surface area contributed by atoms with Gasteiger partial charge in [-0.2, -0.15) is 0 Å². The standard InChI is InChI=1S/C27H31N2O/c30-20-29-16-13-25(19-27(29)17-21-5-2-1-3-6-21)23-10-9-22-11-14-28(26-7-4-8-26)15-12-24(22)18-23/h1-3,5-6,9-10,13,18,26-27H,4,7-8,11-12,14-17,19H2. The van der Waals surface area contributed by atoms with E-state index in [0.717, 1.165) is 25.3 Å². The smallest absolute Gasteiger partial charge is 0.312 e. The van der Waals surface area contributed by atoms with Crippen LogP contribution in [0.3, 0.4) is 0 Å². The Morgan fingerprint density at radius 1 is 0.967 bits per heavy atom. The van der Waals surface area contributed by atoms with Crippen LogP contribution in [0, 0.1) is 0 Å². The van der Waals surface area contributed by atoms with Crippen molar-refractivity contribution < 1.29 is 4.79 Å². The Kier molecular flexibility index (Phi) is 5.72. The van der Waals surface area contributed by atoms with Crippen LogP contribution in [0.1, 0.15) is 47.9 Å². The molecule has 2 aliphatic heterocycles. The van der Waals surface area contributed by atoms with Gasteiger partial charge >= 0.3 is 6.41 Å². The van der Waals surface area contributed by atoms with Crippen molar-refractivity contribution in [2.45, 2.75) is 57.0 Å². The predicted octanol–water partition coefficient (Wildman–Crippen LogP) is 4.41. The number of benzene rings is 2. The van der Waals surface area contributed by atoms with Crippen molar-refractivity contribution >= 4 is 12.0 Å². The van der Waals surface area contributed by atoms with Gasteiger partial charge in [0.1, 0.15) is 0 Å². The van der Waals surface area contributed by atoms with E-state index in [0.29, 0.717) is 6.54 Å². The molecule has 0 saturated heterocycles. The summed E-state index contributed by atoms with van der Waals surface area (Å²) < 4.78 is 0. The number of nitrogens with zero attached hydrogens (tertiary/aromatic N) is 2. The second kappa shape index (κ2) is 8.77. The van der Waals surface area contributed by atoms with Gasteiger partial charge in [0.05, 0.1) is 0 Å². The van der Waals surface area contributed by atoms with Gasteiger partial charge in [0.2, 0.25) is 0 Å². The zero-order valence-corrected chi connectivity index (χ0v) is 17.7. The summed E-state index contributed by atoms with van der Waals surface area (Å²) in [5.41, 5.74) is 7.06. The normalized spacial score (nSPS) is 22.6. The van der Waals surface area contributed by atoms with Crippen LogP contribution in [0.15, 0.2) is 54.6 Å². The Balaban J connectivity index is 1.32. The maximum Gasteiger partial charge on any atom is 0.312 e. The van der Waals surface area contributed by atoms with Crippen molar-refractivity contribution in [3.05, 3.63) is 76.9 Å². The Labute approximate surface area is 180 Å². The van der Waals surface area contributed by atoms with Gasteiger partial charge in [-0.15, -0.1) is 0 Å². The van der Waals surface area contributed by atoms with Crippen LogP contribution in [-0.4, -0.2) is 47.9 Å². The summed E-state index contributed by atoms with van der Waals surface area (Å²) in [7, 11) is 0. The fourth-order valence-corrected chi connectivity index (χ4v) is 5.28. The molecule has 1 unspecified atom stereocenters. The molecule has 1 atom stereocenters. The first kappa shape index (κ1) is 19.6. The van der Waals surface area contributed by atoms with Crippen molar-refractivity contribution in [1.29, 1.82) is 0 Å². The monoisotopic (exact) mass is 399 g/mol. The summed E-state index contributed by atoms with van der Waals surface area (Å²) >= 11 is 0. The fourth-order valence-electron chi connectivity index (χ4n) is 5.28. The van der Waals surface area contributed by atoms with E-state index in [1.54, 1.807) is 0 Å². The van der Waals surface area contributed by atoms with Crippen LogP contribution in [0.25, 0.3) is 5.57 Å². The number of rotatable bonds is 5. The molecular formula is C27H31N2O. The van der Waals surface area contributed by atoms with Crippen LogP contribution in [0.5, 0.6) is 0 Å². The third-order valence-electron chi connectivity index (χ3n) is 7.37. The fraction of sp³-hybridized carbons (Fsp3) is 0.444. The predicted molar refractivity (Wildman–Crippen MR) is 122 cm³/mol. The van der Waals surface area contributed by atoms with Crippen molar-refractivity contribution in [2.75, 3.05) is 19.6 Å². The molecule has 30 heavy (non-hydrogen) atoms. The lowest BCUT2D eigenvalue weighted by atomic mass is 9.89. The van der Waals surface area contributed by atoms with Gasteiger partial charge in [-0.05, 0) is 66.4 Å². The third-order valence-corrected chi connectivity index (χ3v) is 7.37. The summed E-state index contributed by atoms with van der Waals surface area (Å²) in [4.78, 5) is 16.1. The molecule has 0 spiro atoms. The van der Waals surface area contributed by atoms with Gasteiger partial charge in [-0.3, -0.25) is 9.69 Å². The number of hydrogen-bond donors (Lipinski definition) is 0. The molecule has 1 saturated carbocycles. The first-order chi connectivity index (χ1) is 14.8. The van der Waals surface area contributed by atoms with E-state index in [1.165, 1.54) is 66.6 Å². The highest BCUT2D eigenvalue weighted by Gasteiger charge is 2.27. The highest BCUT2D eigenvalue weighted by Crippen LogP contribution is 2.31. The van der Waals surface area contributed by atoms with Crippen LogP contribution in [0.4, 0.5) is 0 Å². The van der Waals surface area contributed by atoms with Crippen LogP contribution >= 0.6 is 0 Å². The van der Waals surface area contributed by atoms with Crippen LogP contribution in [-0.2, 0) is 24.1 Å². The number of carbonyl (C=O) groups excluding carboxylic acids is 1. The number of amides is 1.